The van der Waals surface area contributed by atoms with Crippen LogP contribution in [0, 0.1) is 0 Å². The summed E-state index contributed by atoms with van der Waals surface area (Å²) in [5.74, 6) is -1.98. The lowest BCUT2D eigenvalue weighted by Gasteiger charge is -1.98. The summed E-state index contributed by atoms with van der Waals surface area (Å²) < 4.78 is 36.4. The van der Waals surface area contributed by atoms with E-state index in [4.69, 9.17) is 12.0 Å². The van der Waals surface area contributed by atoms with Gasteiger partial charge >= 0.3 is 0 Å². The monoisotopic (exact) mass is 157 g/mol. The maximum atomic E-state index is 10.5. The fourth-order valence-corrected chi connectivity index (χ4v) is 0.521. The van der Waals surface area contributed by atoms with Gasteiger partial charge in [-0.25, -0.2) is 0 Å². The molecule has 0 atom stereocenters. The van der Waals surface area contributed by atoms with Gasteiger partial charge < -0.3 is 15.0 Å². The van der Waals surface area contributed by atoms with E-state index < -0.39 is 41.6 Å². The van der Waals surface area contributed by atoms with E-state index in [2.05, 4.69) is 0 Å². The number of hydrogen-bond donors (Lipinski definition) is 2. The molecule has 0 unspecified atom stereocenters. The molecular formula is C8H8O3. The van der Waals surface area contributed by atoms with Crippen molar-refractivity contribution < 1.29 is 21.9 Å². The molecule has 0 radical (unpaired) electrons. The largest absolute Gasteiger partial charge is 0.504 e. The summed E-state index contributed by atoms with van der Waals surface area (Å²) in [4.78, 5) is 10.5. The van der Waals surface area contributed by atoms with Crippen LogP contribution in [0.15, 0.2) is 18.1 Å². The van der Waals surface area contributed by atoms with Gasteiger partial charge in [-0.2, -0.15) is 0 Å². The molecule has 58 valence electrons. The van der Waals surface area contributed by atoms with Gasteiger partial charge in [0.1, 0.15) is 6.29 Å². The topological polar surface area (TPSA) is 57.5 Å². The maximum absolute atomic E-state index is 10.5. The summed E-state index contributed by atoms with van der Waals surface area (Å²) >= 11 is 0. The van der Waals surface area contributed by atoms with E-state index in [-0.39, 0.29) is 6.29 Å². The van der Waals surface area contributed by atoms with Crippen LogP contribution in [0.3, 0.4) is 0 Å². The molecule has 0 aliphatic heterocycles. The summed E-state index contributed by atoms with van der Waals surface area (Å²) in [7, 11) is 0. The lowest BCUT2D eigenvalue weighted by molar-refractivity contribution is -0.107. The van der Waals surface area contributed by atoms with E-state index in [1.165, 1.54) is 0 Å². The molecule has 1 aromatic rings. The highest BCUT2D eigenvalue weighted by Crippen LogP contribution is 2.24. The van der Waals surface area contributed by atoms with Gasteiger partial charge in [-0.3, -0.25) is 0 Å². The second-order valence-corrected chi connectivity index (χ2v) is 1.71. The van der Waals surface area contributed by atoms with Crippen molar-refractivity contribution >= 4 is 6.29 Å². The fourth-order valence-electron chi connectivity index (χ4n) is 0.521. The van der Waals surface area contributed by atoms with Gasteiger partial charge in [0, 0.05) is 9.11 Å². The third kappa shape index (κ3) is 1.70. The Bertz CT molecular complexity index is 428. The first-order chi connectivity index (χ1) is 7.24. The molecule has 0 aliphatic rings. The van der Waals surface area contributed by atoms with Crippen LogP contribution in [-0.2, 0) is 11.2 Å². The highest BCUT2D eigenvalue weighted by Gasteiger charge is 1.98. The van der Waals surface area contributed by atoms with Gasteiger partial charge in [0.15, 0.2) is 11.5 Å². The summed E-state index contributed by atoms with van der Waals surface area (Å²) in [5.41, 5.74) is -0.734. The van der Waals surface area contributed by atoms with E-state index in [1.807, 2.05) is 0 Å². The molecule has 0 amide bonds. The average molecular weight is 157 g/mol. The molecule has 0 saturated carbocycles. The van der Waals surface area contributed by atoms with Crippen LogP contribution < -0.4 is 0 Å². The number of aldehydes is 1. The van der Waals surface area contributed by atoms with Crippen LogP contribution in [0.1, 0.15) is 12.4 Å². The highest BCUT2D eigenvalue weighted by molar-refractivity contribution is 5.56. The van der Waals surface area contributed by atoms with E-state index >= 15 is 0 Å². The van der Waals surface area contributed by atoms with Crippen LogP contribution in [0.25, 0.3) is 0 Å². The Kier molecular flexibility index (Phi) is 0.904. The molecule has 3 heteroatoms. The number of phenols is 2. The molecule has 0 aromatic heterocycles. The molecule has 0 bridgehead atoms. The van der Waals surface area contributed by atoms with Crippen molar-refractivity contribution in [3.8, 4) is 11.5 Å². The lowest BCUT2D eigenvalue weighted by Crippen LogP contribution is -1.84. The SMILES string of the molecule is [2H]c1c([2H])c(C([2H])([2H])C=O)c([2H])c(O)c1O. The molecule has 0 spiro atoms. The Morgan fingerprint density at radius 3 is 2.91 bits per heavy atom. The van der Waals surface area contributed by atoms with Gasteiger partial charge in [0.25, 0.3) is 0 Å². The van der Waals surface area contributed by atoms with Crippen molar-refractivity contribution in [3.63, 3.8) is 0 Å². The Balaban J connectivity index is 3.71. The summed E-state index contributed by atoms with van der Waals surface area (Å²) in [6, 6.07) is -2.48. The first-order valence-electron chi connectivity index (χ1n) is 5.22. The molecule has 0 fully saturated rings. The van der Waals surface area contributed by atoms with Crippen molar-refractivity contribution in [2.24, 2.45) is 0 Å². The van der Waals surface area contributed by atoms with Gasteiger partial charge in [-0.05, 0) is 17.6 Å². The Labute approximate surface area is 70.9 Å². The van der Waals surface area contributed by atoms with E-state index in [1.54, 1.807) is 0 Å². The van der Waals surface area contributed by atoms with Gasteiger partial charge in [0.05, 0.1) is 4.11 Å². The van der Waals surface area contributed by atoms with E-state index in [0.29, 0.717) is 0 Å². The summed E-state index contributed by atoms with van der Waals surface area (Å²) in [6.45, 7) is 0. The van der Waals surface area contributed by atoms with Crippen molar-refractivity contribution in [1.82, 2.24) is 0 Å². The molecule has 3 nitrogen and oxygen atoms in total. The summed E-state index contributed by atoms with van der Waals surface area (Å²) in [5, 5.41) is 18.4. The smallest absolute Gasteiger partial charge is 0.157 e. The first kappa shape index (κ1) is 3.26. The number of rotatable bonds is 2. The predicted molar refractivity (Wildman–Crippen MR) is 39.5 cm³/mol. The fraction of sp³-hybridized carbons (Fsp3) is 0.125. The molecule has 0 aliphatic carbocycles. The number of benzene rings is 1. The standard InChI is InChI=1S/C8H8O3/c9-4-3-6-1-2-7(10)8(11)5-6/h1-2,4-5,10-11H,3H2/i1D,2D,3D2,5D. The maximum Gasteiger partial charge on any atom is 0.157 e. The zero-order valence-corrected chi connectivity index (χ0v) is 5.38. The average Bonchev–Trinajstić information content (AvgIpc) is 2.23. The van der Waals surface area contributed by atoms with E-state index in [0.717, 1.165) is 0 Å². The molecule has 11 heavy (non-hydrogen) atoms. The Morgan fingerprint density at radius 1 is 1.55 bits per heavy atom. The van der Waals surface area contributed by atoms with Crippen LogP contribution in [-0.4, -0.2) is 16.5 Å². The second-order valence-electron chi connectivity index (χ2n) is 1.71. The van der Waals surface area contributed by atoms with E-state index in [9.17, 15) is 9.90 Å². The lowest BCUT2D eigenvalue weighted by atomic mass is 10.1. The number of phenolic OH excluding ortho intramolecular Hbond substituents is 2. The summed E-state index contributed by atoms with van der Waals surface area (Å²) in [6.07, 6.45) is -2.79. The van der Waals surface area contributed by atoms with Crippen LogP contribution in [0.4, 0.5) is 0 Å². The molecule has 0 heterocycles. The van der Waals surface area contributed by atoms with Crippen LogP contribution >= 0.6 is 0 Å². The number of carbonyl (C=O) groups excluding carboxylic acids is 1. The third-order valence-electron chi connectivity index (χ3n) is 0.977. The minimum absolute atomic E-state index is 0.131. The Hall–Kier alpha value is -1.51. The van der Waals surface area contributed by atoms with Crippen molar-refractivity contribution in [2.45, 2.75) is 6.37 Å². The minimum Gasteiger partial charge on any atom is -0.504 e. The zero-order valence-electron chi connectivity index (χ0n) is 10.4. The number of hydrogen-bond acceptors (Lipinski definition) is 3. The zero-order chi connectivity index (χ0) is 12.7. The Morgan fingerprint density at radius 2 is 2.27 bits per heavy atom. The molecule has 0 saturated heterocycles. The third-order valence-corrected chi connectivity index (χ3v) is 0.977. The van der Waals surface area contributed by atoms with Crippen molar-refractivity contribution in [3.05, 3.63) is 23.7 Å². The number of carbonyl (C=O) groups is 1. The highest BCUT2D eigenvalue weighted by atomic mass is 16.3. The first-order valence-corrected chi connectivity index (χ1v) is 2.72. The van der Waals surface area contributed by atoms with Crippen LogP contribution in [0.2, 0.25) is 0 Å². The molecular weight excluding hydrogens is 144 g/mol. The second kappa shape index (κ2) is 3.05. The quantitative estimate of drug-likeness (QED) is 0.494. The molecule has 2 N–H and O–H groups in total. The molecule has 1 rings (SSSR count). The minimum atomic E-state index is -2.66. The number of aromatic hydroxyl groups is 2. The van der Waals surface area contributed by atoms with Gasteiger partial charge in [-0.1, -0.05) is 6.04 Å². The van der Waals surface area contributed by atoms with Crippen LogP contribution in [0.5, 0.6) is 11.5 Å². The predicted octanol–water partition coefficient (Wildman–Crippen LogP) is 0.839. The van der Waals surface area contributed by atoms with Gasteiger partial charge in [0.2, 0.25) is 0 Å². The van der Waals surface area contributed by atoms with Crippen molar-refractivity contribution in [2.75, 3.05) is 0 Å². The van der Waals surface area contributed by atoms with Gasteiger partial charge in [-0.15, -0.1) is 0 Å². The molecule has 1 aromatic carbocycles. The van der Waals surface area contributed by atoms with Crippen molar-refractivity contribution in [1.29, 1.82) is 0 Å². The normalized spacial score (nSPS) is 17.3.